The number of hydrogen-bond acceptors (Lipinski definition) is 3. The zero-order chi connectivity index (χ0) is 29.2. The van der Waals surface area contributed by atoms with Gasteiger partial charge in [-0.15, -0.1) is 0 Å². The first kappa shape index (κ1) is 29.7. The number of benzene rings is 3. The Morgan fingerprint density at radius 2 is 1.31 bits per heavy atom. The summed E-state index contributed by atoms with van der Waals surface area (Å²) in [5, 5.41) is 0. The summed E-state index contributed by atoms with van der Waals surface area (Å²) >= 11 is 0. The third-order valence-corrected chi connectivity index (χ3v) is 5.63. The van der Waals surface area contributed by atoms with Gasteiger partial charge in [-0.25, -0.2) is 4.79 Å². The molecule has 3 aromatic carbocycles. The first-order valence-corrected chi connectivity index (χ1v) is 11.0. The molecule has 0 unspecified atom stereocenters. The average molecular weight is 565 g/mol. The van der Waals surface area contributed by atoms with E-state index in [4.69, 9.17) is 4.74 Å². The van der Waals surface area contributed by atoms with E-state index >= 15 is 0 Å². The molecule has 13 heteroatoms. The fraction of sp³-hybridized carbons (Fsp3) is 0.269. The molecule has 210 valence electrons. The number of rotatable bonds is 6. The zero-order valence-electron chi connectivity index (χ0n) is 20.3. The highest BCUT2D eigenvalue weighted by Gasteiger charge is 2.37. The molecule has 0 aliphatic rings. The maximum absolute atomic E-state index is 13.5. The van der Waals surface area contributed by atoms with Crippen molar-refractivity contribution in [1.82, 2.24) is 4.90 Å². The van der Waals surface area contributed by atoms with E-state index in [-0.39, 0.29) is 17.2 Å². The van der Waals surface area contributed by atoms with Crippen LogP contribution in [0.4, 0.5) is 44.3 Å². The number of alkyl halides is 9. The molecule has 3 rings (SSSR count). The molecule has 0 aromatic heterocycles. The van der Waals surface area contributed by atoms with Gasteiger partial charge in [-0.2, -0.15) is 39.5 Å². The molecule has 4 nitrogen and oxygen atoms in total. The number of hydrogen-bond donors (Lipinski definition) is 0. The van der Waals surface area contributed by atoms with Crippen molar-refractivity contribution in [2.75, 3.05) is 14.2 Å². The number of halogens is 9. The molecule has 39 heavy (non-hydrogen) atoms. The lowest BCUT2D eigenvalue weighted by atomic mass is 9.96. The number of carbonyl (C=O) groups excluding carboxylic acids is 1. The SMILES string of the molecule is COC(=O)N(Cc1cc(C(F)(F)F)cc(C(F)(F)F)c1)Cc1cc(C(F)(F)F)ccc1-c1cccc(OC)c1. The minimum Gasteiger partial charge on any atom is -0.497 e. The number of carbonyl (C=O) groups is 1. The maximum Gasteiger partial charge on any atom is 0.416 e. The van der Waals surface area contributed by atoms with E-state index in [1.807, 2.05) is 0 Å². The average Bonchev–Trinajstić information content (AvgIpc) is 2.86. The van der Waals surface area contributed by atoms with Crippen LogP contribution in [0.25, 0.3) is 11.1 Å². The standard InChI is InChI=1S/C26H20F9NO3/c1-38-21-5-3-4-16(11-21)22-7-6-18(24(27,28)29)10-17(22)14-36(23(37)39-2)13-15-8-19(25(30,31)32)12-20(9-15)26(33,34)35/h3-12H,13-14H2,1-2H3. The lowest BCUT2D eigenvalue weighted by molar-refractivity contribution is -0.143. The molecule has 0 spiro atoms. The Hall–Kier alpha value is -3.90. The van der Waals surface area contributed by atoms with Crippen LogP contribution in [-0.2, 0) is 36.4 Å². The number of nitrogens with zero attached hydrogens (tertiary/aromatic N) is 1. The molecule has 0 radical (unpaired) electrons. The molecule has 0 N–H and O–H groups in total. The monoisotopic (exact) mass is 565 g/mol. The number of methoxy groups -OCH3 is 2. The van der Waals surface area contributed by atoms with E-state index < -0.39 is 60.0 Å². The highest BCUT2D eigenvalue weighted by molar-refractivity contribution is 5.72. The number of ether oxygens (including phenoxy) is 2. The molecule has 0 fully saturated rings. The predicted molar refractivity (Wildman–Crippen MR) is 122 cm³/mol. The summed E-state index contributed by atoms with van der Waals surface area (Å²) in [5.41, 5.74) is -4.32. The fourth-order valence-corrected chi connectivity index (χ4v) is 3.82. The summed E-state index contributed by atoms with van der Waals surface area (Å²) in [6, 6.07) is 9.71. The van der Waals surface area contributed by atoms with Crippen molar-refractivity contribution in [3.8, 4) is 16.9 Å². The summed E-state index contributed by atoms with van der Waals surface area (Å²) in [6.07, 6.45) is -16.2. The van der Waals surface area contributed by atoms with Gasteiger partial charge in [0.25, 0.3) is 0 Å². The lowest BCUT2D eigenvalue weighted by Gasteiger charge is -2.24. The van der Waals surface area contributed by atoms with Gasteiger partial charge in [0.2, 0.25) is 0 Å². The van der Waals surface area contributed by atoms with Crippen molar-refractivity contribution < 1.29 is 53.8 Å². The Labute approximate surface area is 216 Å². The van der Waals surface area contributed by atoms with Crippen LogP contribution in [0.15, 0.2) is 60.7 Å². The summed E-state index contributed by atoms with van der Waals surface area (Å²) in [7, 11) is 2.29. The molecule has 0 aliphatic carbocycles. The van der Waals surface area contributed by atoms with Crippen LogP contribution >= 0.6 is 0 Å². The minimum absolute atomic E-state index is 0.0698. The highest BCUT2D eigenvalue weighted by atomic mass is 19.4. The van der Waals surface area contributed by atoms with E-state index in [0.29, 0.717) is 28.3 Å². The molecule has 1 amide bonds. The quantitative estimate of drug-likeness (QED) is 0.283. The van der Waals surface area contributed by atoms with Gasteiger partial charge in [-0.3, -0.25) is 4.90 Å². The third kappa shape index (κ3) is 7.36. The second-order valence-corrected chi connectivity index (χ2v) is 8.34. The smallest absolute Gasteiger partial charge is 0.416 e. The van der Waals surface area contributed by atoms with Gasteiger partial charge >= 0.3 is 24.6 Å². The molecular formula is C26H20F9NO3. The molecule has 3 aromatic rings. The molecular weight excluding hydrogens is 545 g/mol. The second kappa shape index (κ2) is 11.1. The summed E-state index contributed by atoms with van der Waals surface area (Å²) in [5.74, 6) is 0.367. The lowest BCUT2D eigenvalue weighted by Crippen LogP contribution is -2.30. The summed E-state index contributed by atoms with van der Waals surface area (Å²) < 4.78 is 130. The normalized spacial score (nSPS) is 12.3. The molecule has 0 saturated heterocycles. The summed E-state index contributed by atoms with van der Waals surface area (Å²) in [4.78, 5) is 13.2. The van der Waals surface area contributed by atoms with Crippen LogP contribution in [0.1, 0.15) is 27.8 Å². The maximum atomic E-state index is 13.5. The van der Waals surface area contributed by atoms with Crippen molar-refractivity contribution in [2.45, 2.75) is 31.6 Å². The van der Waals surface area contributed by atoms with Crippen molar-refractivity contribution in [3.63, 3.8) is 0 Å². The Balaban J connectivity index is 2.12. The minimum atomic E-state index is -5.13. The van der Waals surface area contributed by atoms with E-state index in [0.717, 1.165) is 25.3 Å². The van der Waals surface area contributed by atoms with E-state index in [1.165, 1.54) is 13.2 Å². The van der Waals surface area contributed by atoms with Gasteiger partial charge in [-0.1, -0.05) is 18.2 Å². The van der Waals surface area contributed by atoms with E-state index in [2.05, 4.69) is 4.74 Å². The van der Waals surface area contributed by atoms with Crippen LogP contribution in [0.2, 0.25) is 0 Å². The highest BCUT2D eigenvalue weighted by Crippen LogP contribution is 2.38. The van der Waals surface area contributed by atoms with Crippen molar-refractivity contribution in [2.24, 2.45) is 0 Å². The van der Waals surface area contributed by atoms with Crippen LogP contribution in [-0.4, -0.2) is 25.2 Å². The molecule has 0 bridgehead atoms. The molecule has 0 saturated carbocycles. The molecule has 0 atom stereocenters. The van der Waals surface area contributed by atoms with Gasteiger partial charge in [0.05, 0.1) is 30.9 Å². The summed E-state index contributed by atoms with van der Waals surface area (Å²) in [6.45, 7) is -1.46. The first-order chi connectivity index (χ1) is 18.0. The van der Waals surface area contributed by atoms with Crippen LogP contribution in [0, 0.1) is 0 Å². The van der Waals surface area contributed by atoms with Crippen LogP contribution < -0.4 is 4.74 Å². The Kier molecular flexibility index (Phi) is 8.42. The van der Waals surface area contributed by atoms with Crippen molar-refractivity contribution in [1.29, 1.82) is 0 Å². The molecule has 0 heterocycles. The van der Waals surface area contributed by atoms with Crippen LogP contribution in [0.5, 0.6) is 5.75 Å². The second-order valence-electron chi connectivity index (χ2n) is 8.34. The van der Waals surface area contributed by atoms with Gasteiger partial charge in [0.1, 0.15) is 5.75 Å². The number of amides is 1. The molecule has 0 aliphatic heterocycles. The Bertz CT molecular complexity index is 1300. The fourth-order valence-electron chi connectivity index (χ4n) is 3.82. The Morgan fingerprint density at radius 1 is 0.718 bits per heavy atom. The van der Waals surface area contributed by atoms with Gasteiger partial charge in [-0.05, 0) is 64.7 Å². The van der Waals surface area contributed by atoms with Gasteiger partial charge in [0, 0.05) is 13.1 Å². The largest absolute Gasteiger partial charge is 0.497 e. The van der Waals surface area contributed by atoms with Gasteiger partial charge in [0.15, 0.2) is 0 Å². The van der Waals surface area contributed by atoms with Crippen molar-refractivity contribution in [3.05, 3.63) is 88.5 Å². The Morgan fingerprint density at radius 3 is 1.82 bits per heavy atom. The van der Waals surface area contributed by atoms with Crippen LogP contribution in [0.3, 0.4) is 0 Å². The topological polar surface area (TPSA) is 38.8 Å². The van der Waals surface area contributed by atoms with Gasteiger partial charge < -0.3 is 9.47 Å². The first-order valence-electron chi connectivity index (χ1n) is 11.0. The predicted octanol–water partition coefficient (Wildman–Crippen LogP) is 8.19. The van der Waals surface area contributed by atoms with Crippen molar-refractivity contribution >= 4 is 6.09 Å². The van der Waals surface area contributed by atoms with E-state index in [9.17, 15) is 44.3 Å². The third-order valence-electron chi connectivity index (χ3n) is 5.63. The zero-order valence-corrected chi connectivity index (χ0v) is 20.3. The van der Waals surface area contributed by atoms with E-state index in [1.54, 1.807) is 18.2 Å².